The number of nitrogens with zero attached hydrogens (tertiary/aromatic N) is 3. The molecule has 0 bridgehead atoms. The van der Waals surface area contributed by atoms with E-state index in [1.807, 2.05) is 6.07 Å². The van der Waals surface area contributed by atoms with Crippen LogP contribution in [0.1, 0.15) is 34.5 Å². The Kier molecular flexibility index (Phi) is 4.96. The molecule has 6 nitrogen and oxygen atoms in total. The summed E-state index contributed by atoms with van der Waals surface area (Å²) >= 11 is 1.35. The normalized spacial score (nSPS) is 25.6. The third-order valence-corrected chi connectivity index (χ3v) is 6.26. The first-order chi connectivity index (χ1) is 13.9. The monoisotopic (exact) mass is 413 g/mol. The highest BCUT2D eigenvalue weighted by atomic mass is 32.2. The summed E-state index contributed by atoms with van der Waals surface area (Å²) in [5.74, 6) is -0.614. The molecule has 1 aromatic heterocycles. The van der Waals surface area contributed by atoms with Crippen LogP contribution < -0.4 is 11.1 Å². The van der Waals surface area contributed by atoms with Crippen molar-refractivity contribution >= 4 is 28.5 Å². The molecule has 0 spiro atoms. The van der Waals surface area contributed by atoms with Crippen LogP contribution in [-0.4, -0.2) is 28.0 Å². The van der Waals surface area contributed by atoms with Crippen LogP contribution in [-0.2, 0) is 5.54 Å². The van der Waals surface area contributed by atoms with E-state index in [9.17, 15) is 13.6 Å². The number of carbonyl (C=O) groups is 1. The van der Waals surface area contributed by atoms with Crippen LogP contribution in [0.15, 0.2) is 41.5 Å². The van der Waals surface area contributed by atoms with Gasteiger partial charge in [0.05, 0.1) is 11.1 Å². The highest BCUT2D eigenvalue weighted by Crippen LogP contribution is 2.52. The molecule has 4 rings (SSSR count). The van der Waals surface area contributed by atoms with E-state index in [-0.39, 0.29) is 23.6 Å². The molecule has 3 atom stereocenters. The molecule has 0 radical (unpaired) electrons. The largest absolute Gasteiger partial charge is 0.379 e. The van der Waals surface area contributed by atoms with Crippen LogP contribution in [0.2, 0.25) is 0 Å². The summed E-state index contributed by atoms with van der Waals surface area (Å²) < 4.78 is 29.1. The number of aromatic nitrogens is 1. The molecule has 148 valence electrons. The SMILES string of the molecule is N#Cc1ccc(C(=O)Nc2ccc(F)c(C34CC(F)CC3CSC(N)=N4)c2)nc1. The Bertz CT molecular complexity index is 1040. The maximum absolute atomic E-state index is 14.8. The molecule has 1 aliphatic heterocycles. The molecule has 1 aliphatic carbocycles. The van der Waals surface area contributed by atoms with E-state index in [2.05, 4.69) is 15.3 Å². The number of nitrogens with two attached hydrogens (primary N) is 1. The van der Waals surface area contributed by atoms with Gasteiger partial charge in [0.25, 0.3) is 5.91 Å². The standard InChI is InChI=1S/C20H17F2N5OS/c21-13-5-12-10-29-19(24)27-20(12,7-13)15-6-14(2-3-16(15)22)26-18(28)17-4-1-11(8-23)9-25-17/h1-4,6,9,12-13H,5,7,10H2,(H2,24,27)(H,26,28). The number of fused-ring (bicyclic) bond motifs is 1. The highest BCUT2D eigenvalue weighted by Gasteiger charge is 2.52. The number of anilines is 1. The lowest BCUT2D eigenvalue weighted by molar-refractivity contribution is 0.102. The average Bonchev–Trinajstić information content (AvgIpc) is 3.05. The van der Waals surface area contributed by atoms with Crippen molar-refractivity contribution in [3.05, 3.63) is 59.2 Å². The van der Waals surface area contributed by atoms with Crippen molar-refractivity contribution in [1.82, 2.24) is 4.98 Å². The molecule has 3 N–H and O–H groups in total. The number of alkyl halides is 1. The quantitative estimate of drug-likeness (QED) is 0.803. The smallest absolute Gasteiger partial charge is 0.274 e. The van der Waals surface area contributed by atoms with Crippen molar-refractivity contribution in [2.45, 2.75) is 24.6 Å². The maximum Gasteiger partial charge on any atom is 0.274 e. The molecule has 2 aliphatic rings. The number of amides is 1. The van der Waals surface area contributed by atoms with Gasteiger partial charge in [-0.1, -0.05) is 11.8 Å². The van der Waals surface area contributed by atoms with Crippen LogP contribution >= 0.6 is 11.8 Å². The third-order valence-electron chi connectivity index (χ3n) is 5.31. The second-order valence-corrected chi connectivity index (χ2v) is 8.15. The Morgan fingerprint density at radius 1 is 1.38 bits per heavy atom. The lowest BCUT2D eigenvalue weighted by Crippen LogP contribution is -2.37. The van der Waals surface area contributed by atoms with Gasteiger partial charge >= 0.3 is 0 Å². The van der Waals surface area contributed by atoms with Crippen LogP contribution in [0.25, 0.3) is 0 Å². The van der Waals surface area contributed by atoms with Gasteiger partial charge in [-0.25, -0.2) is 13.8 Å². The Hall–Kier alpha value is -2.99. The number of halogens is 2. The Morgan fingerprint density at radius 3 is 2.93 bits per heavy atom. The molecular formula is C20H17F2N5OS. The first-order valence-electron chi connectivity index (χ1n) is 9.01. The summed E-state index contributed by atoms with van der Waals surface area (Å²) in [6.45, 7) is 0. The Morgan fingerprint density at radius 2 is 2.21 bits per heavy atom. The molecule has 1 aromatic carbocycles. The zero-order valence-electron chi connectivity index (χ0n) is 15.2. The lowest BCUT2D eigenvalue weighted by Gasteiger charge is -2.35. The Labute approximate surface area is 170 Å². The molecule has 3 unspecified atom stereocenters. The van der Waals surface area contributed by atoms with Gasteiger partial charge in [0, 0.05) is 35.5 Å². The van der Waals surface area contributed by atoms with Crippen molar-refractivity contribution in [1.29, 1.82) is 5.26 Å². The van der Waals surface area contributed by atoms with E-state index in [0.29, 0.717) is 28.6 Å². The van der Waals surface area contributed by atoms with Gasteiger partial charge in [-0.3, -0.25) is 9.79 Å². The van der Waals surface area contributed by atoms with Crippen molar-refractivity contribution in [2.24, 2.45) is 16.6 Å². The minimum atomic E-state index is -1.09. The summed E-state index contributed by atoms with van der Waals surface area (Å²) in [6, 6.07) is 9.01. The van der Waals surface area contributed by atoms with Gasteiger partial charge in [0.15, 0.2) is 5.17 Å². The van der Waals surface area contributed by atoms with Gasteiger partial charge in [-0.15, -0.1) is 0 Å². The van der Waals surface area contributed by atoms with Gasteiger partial charge in [0.2, 0.25) is 0 Å². The fraction of sp³-hybridized carbons (Fsp3) is 0.300. The number of pyridine rings is 1. The van der Waals surface area contributed by atoms with Crippen molar-refractivity contribution in [2.75, 3.05) is 11.1 Å². The number of amidine groups is 1. The zero-order chi connectivity index (χ0) is 20.6. The van der Waals surface area contributed by atoms with E-state index < -0.39 is 23.4 Å². The molecular weight excluding hydrogens is 396 g/mol. The topological polar surface area (TPSA) is 104 Å². The summed E-state index contributed by atoms with van der Waals surface area (Å²) in [4.78, 5) is 20.9. The van der Waals surface area contributed by atoms with Gasteiger partial charge < -0.3 is 11.1 Å². The first-order valence-corrected chi connectivity index (χ1v) is 9.99. The number of nitrogens with one attached hydrogen (secondary N) is 1. The van der Waals surface area contributed by atoms with E-state index in [4.69, 9.17) is 11.0 Å². The molecule has 0 saturated heterocycles. The van der Waals surface area contributed by atoms with E-state index in [1.54, 1.807) is 0 Å². The molecule has 1 amide bonds. The molecule has 1 saturated carbocycles. The number of rotatable bonds is 3. The lowest BCUT2D eigenvalue weighted by atomic mass is 9.81. The predicted molar refractivity (Wildman–Crippen MR) is 107 cm³/mol. The van der Waals surface area contributed by atoms with E-state index in [1.165, 1.54) is 48.3 Å². The van der Waals surface area contributed by atoms with Crippen LogP contribution in [0.4, 0.5) is 14.5 Å². The third kappa shape index (κ3) is 3.56. The van der Waals surface area contributed by atoms with Crippen molar-refractivity contribution in [3.8, 4) is 6.07 Å². The number of benzene rings is 1. The molecule has 9 heteroatoms. The summed E-state index contributed by atoms with van der Waals surface area (Å²) in [5.41, 5.74) is 5.87. The summed E-state index contributed by atoms with van der Waals surface area (Å²) in [6.07, 6.45) is 0.571. The maximum atomic E-state index is 14.8. The number of nitriles is 1. The predicted octanol–water partition coefficient (Wildman–Crippen LogP) is 3.35. The van der Waals surface area contributed by atoms with Gasteiger partial charge in [0.1, 0.15) is 23.8 Å². The van der Waals surface area contributed by atoms with Crippen LogP contribution in [0, 0.1) is 23.1 Å². The molecule has 29 heavy (non-hydrogen) atoms. The number of hydrogen-bond acceptors (Lipinski definition) is 6. The van der Waals surface area contributed by atoms with Gasteiger partial charge in [-0.2, -0.15) is 5.26 Å². The number of aliphatic imine (C=N–C) groups is 1. The van der Waals surface area contributed by atoms with E-state index in [0.717, 1.165) is 0 Å². The highest BCUT2D eigenvalue weighted by molar-refractivity contribution is 8.13. The minimum absolute atomic E-state index is 0.0599. The van der Waals surface area contributed by atoms with Crippen LogP contribution in [0.5, 0.6) is 0 Å². The second kappa shape index (κ2) is 7.44. The second-order valence-electron chi connectivity index (χ2n) is 7.11. The summed E-state index contributed by atoms with van der Waals surface area (Å²) in [7, 11) is 0. The number of thioether (sulfide) groups is 1. The molecule has 2 heterocycles. The number of hydrogen-bond donors (Lipinski definition) is 2. The fourth-order valence-corrected chi connectivity index (χ4v) is 4.97. The van der Waals surface area contributed by atoms with E-state index >= 15 is 0 Å². The van der Waals surface area contributed by atoms with Gasteiger partial charge in [-0.05, 0) is 36.8 Å². The number of carbonyl (C=O) groups excluding carboxylic acids is 1. The average molecular weight is 413 g/mol. The summed E-state index contributed by atoms with van der Waals surface area (Å²) in [5, 5.41) is 11.8. The fourth-order valence-electron chi connectivity index (χ4n) is 3.96. The van der Waals surface area contributed by atoms with Crippen molar-refractivity contribution in [3.63, 3.8) is 0 Å². The van der Waals surface area contributed by atoms with Crippen molar-refractivity contribution < 1.29 is 13.6 Å². The molecule has 2 aromatic rings. The Balaban J connectivity index is 1.66. The first kappa shape index (κ1) is 19.3. The zero-order valence-corrected chi connectivity index (χ0v) is 16.0. The minimum Gasteiger partial charge on any atom is -0.379 e. The van der Waals surface area contributed by atoms with Crippen LogP contribution in [0.3, 0.4) is 0 Å². The molecule has 1 fully saturated rings.